The third kappa shape index (κ3) is 27.3. The van der Waals surface area contributed by atoms with Gasteiger partial charge < -0.3 is 72.6 Å². The van der Waals surface area contributed by atoms with Crippen LogP contribution >= 0.6 is 33.0 Å². The lowest BCUT2D eigenvalue weighted by atomic mass is 9.99. The fraction of sp³-hybridized carbons (Fsp3) is 0.194. The predicted molar refractivity (Wildman–Crippen MR) is 525 cm³/mol. The summed E-state index contributed by atoms with van der Waals surface area (Å²) in [4.78, 5) is 150. The van der Waals surface area contributed by atoms with E-state index in [4.69, 9.17) is 107 Å². The van der Waals surface area contributed by atoms with Gasteiger partial charge in [0.15, 0.2) is 39.1 Å². The van der Waals surface area contributed by atoms with Gasteiger partial charge in [-0.1, -0.05) is 56.0 Å². The van der Waals surface area contributed by atoms with Gasteiger partial charge in [-0.15, -0.1) is 5.06 Å². The number of hydrogen-bond acceptors (Lipinski definition) is 41. The van der Waals surface area contributed by atoms with Crippen molar-refractivity contribution < 1.29 is 153 Å². The summed E-state index contributed by atoms with van der Waals surface area (Å²) in [7, 11) is 19.8. The van der Waals surface area contributed by atoms with E-state index in [0.717, 1.165) is 5.56 Å². The van der Waals surface area contributed by atoms with Crippen LogP contribution in [0.5, 0.6) is 46.0 Å². The minimum atomic E-state index is -1.67. The summed E-state index contributed by atoms with van der Waals surface area (Å²) in [5, 5.41) is 74.6. The largest absolute Gasteiger partial charge is 0.497 e. The maximum Gasteiger partial charge on any atom is 0.357 e. The molecule has 5 N–H and O–H groups in total. The molecule has 10 heterocycles. The summed E-state index contributed by atoms with van der Waals surface area (Å²) in [5.41, 5.74) is 10.6. The molecule has 8 aromatic carbocycles. The second kappa shape index (κ2) is 52.4. The molecule has 148 heavy (non-hydrogen) atoms. The summed E-state index contributed by atoms with van der Waals surface area (Å²) >= 11 is 5.87. The van der Waals surface area contributed by atoms with Crippen LogP contribution < -0.4 is 37.9 Å². The van der Waals surface area contributed by atoms with Crippen LogP contribution in [0, 0.1) is 0 Å². The molecule has 4 amide bonds. The number of hydrogen-bond donors (Lipinski definition) is 5. The number of esters is 2. The molecule has 0 unspecified atom stereocenters. The normalized spacial score (nSPS) is 11.7. The molecule has 2 aliphatic rings. The van der Waals surface area contributed by atoms with E-state index in [0.29, 0.717) is 174 Å². The molecule has 766 valence electrons. The highest BCUT2D eigenvalue weighted by Crippen LogP contribution is 2.43. The molecule has 0 atom stereocenters. The molecular formula is C98H85Cl3N14O32S. The molecule has 2 fully saturated rings. The molecule has 0 bridgehead atoms. The molecule has 2 saturated heterocycles. The van der Waals surface area contributed by atoms with Crippen LogP contribution in [-0.4, -0.2) is 243 Å². The van der Waals surface area contributed by atoms with E-state index in [1.807, 2.05) is 12.1 Å². The van der Waals surface area contributed by atoms with Crippen molar-refractivity contribution in [2.75, 3.05) is 76.7 Å². The van der Waals surface area contributed by atoms with E-state index in [-0.39, 0.29) is 92.5 Å². The number of aliphatic carboxylic acids is 2. The molecule has 8 aromatic heterocycles. The lowest BCUT2D eigenvalue weighted by Gasteiger charge is -2.14. The number of aliphatic hydroxyl groups is 1. The number of amides is 4. The molecule has 0 spiro atoms. The van der Waals surface area contributed by atoms with Crippen molar-refractivity contribution in [2.45, 2.75) is 52.4 Å². The van der Waals surface area contributed by atoms with E-state index in [1.54, 1.807) is 232 Å². The average molecular weight is 2110 g/mol. The number of pyridine rings is 4. The Morgan fingerprint density at radius 2 is 0.561 bits per heavy atom. The number of benzene rings is 8. The molecule has 0 aliphatic carbocycles. The lowest BCUT2D eigenvalue weighted by Crippen LogP contribution is -2.32. The molecule has 2 aliphatic heterocycles. The third-order valence-electron chi connectivity index (χ3n) is 21.0. The Bertz CT molecular complexity index is 7270. The first-order chi connectivity index (χ1) is 70.9. The van der Waals surface area contributed by atoms with E-state index in [2.05, 4.69) is 82.6 Å². The van der Waals surface area contributed by atoms with E-state index in [9.17, 15) is 57.8 Å². The summed E-state index contributed by atoms with van der Waals surface area (Å²) in [6.45, 7) is -0.967. The number of aromatic nitrogens is 12. The van der Waals surface area contributed by atoms with Gasteiger partial charge in [-0.3, -0.25) is 38.8 Å². The highest BCUT2D eigenvalue weighted by atomic mass is 36.0. The quantitative estimate of drug-likeness (QED) is 0.0126. The first kappa shape index (κ1) is 110. The van der Waals surface area contributed by atoms with Gasteiger partial charge in [0.2, 0.25) is 9.23 Å². The van der Waals surface area contributed by atoms with Crippen molar-refractivity contribution >= 4 is 151 Å². The van der Waals surface area contributed by atoms with Crippen molar-refractivity contribution in [3.63, 3.8) is 0 Å². The number of ether oxygens (including phenoxy) is 10. The molecule has 0 radical (unpaired) electrons. The number of fused-ring (bicyclic) bond motifs is 4. The van der Waals surface area contributed by atoms with Gasteiger partial charge >= 0.3 is 35.8 Å². The van der Waals surface area contributed by atoms with E-state index in [1.165, 1.54) is 7.11 Å². The monoisotopic (exact) mass is 2110 g/mol. The number of aromatic carboxylic acids is 1. The van der Waals surface area contributed by atoms with Crippen LogP contribution in [0.2, 0.25) is 0 Å². The van der Waals surface area contributed by atoms with Gasteiger partial charge in [0.25, 0.3) is 28.9 Å². The highest BCUT2D eigenvalue weighted by molar-refractivity contribution is 8.26. The van der Waals surface area contributed by atoms with Crippen molar-refractivity contribution in [2.24, 2.45) is 0 Å². The van der Waals surface area contributed by atoms with Gasteiger partial charge in [0.05, 0.1) is 82.7 Å². The van der Waals surface area contributed by atoms with Crippen molar-refractivity contribution in [1.82, 2.24) is 71.3 Å². The fourth-order valence-electron chi connectivity index (χ4n) is 13.9. The van der Waals surface area contributed by atoms with Gasteiger partial charge in [0.1, 0.15) is 110 Å². The number of carbonyl (C=O) groups excluding carboxylic acids is 8. The Morgan fingerprint density at radius 1 is 0.338 bits per heavy atom. The molecule has 50 heteroatoms. The topological polar surface area (TPSA) is 621 Å². The molecule has 16 aromatic rings. The summed E-state index contributed by atoms with van der Waals surface area (Å²) < 4.78 is 81.2. The van der Waals surface area contributed by atoms with E-state index < -0.39 is 86.9 Å². The van der Waals surface area contributed by atoms with Gasteiger partial charge in [0, 0.05) is 91.6 Å². The van der Waals surface area contributed by atoms with Crippen LogP contribution in [0.25, 0.3) is 134 Å². The molecule has 46 nitrogen and oxygen atoms in total. The third-order valence-corrected chi connectivity index (χ3v) is 21.2. The zero-order valence-electron chi connectivity index (χ0n) is 78.1. The molecule has 0 saturated carbocycles. The van der Waals surface area contributed by atoms with Crippen molar-refractivity contribution in [3.8, 4) is 136 Å². The standard InChI is InChI=1S/C27H22N4O9.C23H19N3O7.C20H14ClN3O4.C20H15N3O5.C4H5NO3.C3H6O3.CH4.Cl2OS/c1-36-17-7-3-15(4-8-17)22-24-26(30-40-29-24)23(16-5-9-18(37-2)10-6-16)28-25(22)27(35)38-14-13-21(34)39-31-19(32)11-12-20(31)33;1-30-15-7-3-13(4-8-15)18-20-22(26-33-25-20)19(14-5-9-16(31-2)10-6-14)24-21(18)23(29)32-12-11-17(27)28;1-26-13-7-3-11(4-8-13)15-17-19(24-28-23-17)16(22-18(15)20(21)25)12-5-9-14(27-2)10-6-12;1-26-13-7-3-11(4-8-13)15-17-19(23-28-22-17)16(21-18(15)20(24)25)12-5-9-14(27-2)10-6-12;6-3-1-2-4(7)5(3)8;4-2-1-3(5)6;;1-4(2)3/h3-10H,11-14H2,1-2H3;3-10H,11-12H2,1-2H3,(H,27,28);3-10H,1-2H3;3-10H,1-2H3,(H,24,25);8H,1-2H2;4H,1-2H2,(H,5,6);1H4;. The predicted octanol–water partition coefficient (Wildman–Crippen LogP) is 15.4. The number of nitrogens with zero attached hydrogens (tertiary/aromatic N) is 14. The number of carboxylic acid groups (broad SMARTS) is 3. The maximum atomic E-state index is 13.4. The zero-order chi connectivity index (χ0) is 106. The zero-order valence-corrected chi connectivity index (χ0v) is 81.2. The molecular weight excluding hydrogens is 2020 g/mol. The Kier molecular flexibility index (Phi) is 39.1. The Morgan fingerprint density at radius 3 is 0.784 bits per heavy atom. The number of hydroxylamine groups is 4. The van der Waals surface area contributed by atoms with Crippen LogP contribution in [-0.2, 0) is 57.1 Å². The first-order valence-electron chi connectivity index (χ1n) is 42.8. The van der Waals surface area contributed by atoms with Crippen LogP contribution in [0.15, 0.2) is 213 Å². The smallest absolute Gasteiger partial charge is 0.357 e. The van der Waals surface area contributed by atoms with Crippen molar-refractivity contribution in [3.05, 3.63) is 217 Å². The maximum absolute atomic E-state index is 13.4. The number of methoxy groups -OCH3 is 8. The van der Waals surface area contributed by atoms with Crippen LogP contribution in [0.4, 0.5) is 0 Å². The fourth-order valence-corrected chi connectivity index (χ4v) is 14.1. The van der Waals surface area contributed by atoms with Gasteiger partial charge in [-0.05, 0) is 221 Å². The number of aliphatic hydroxyl groups excluding tert-OH is 1. The Labute approximate surface area is 852 Å². The Hall–Kier alpha value is -17.9. The second-order valence-corrected chi connectivity index (χ2v) is 32.7. The van der Waals surface area contributed by atoms with Crippen LogP contribution in [0.3, 0.4) is 0 Å². The average Bonchev–Trinajstić information content (AvgIpc) is 1.70. The van der Waals surface area contributed by atoms with Gasteiger partial charge in [-0.25, -0.2) is 61.8 Å². The van der Waals surface area contributed by atoms with Crippen LogP contribution in [0.1, 0.15) is 94.3 Å². The number of carbonyl (C=O) groups is 11. The summed E-state index contributed by atoms with van der Waals surface area (Å²) in [6, 6.07) is 56.1. The first-order valence-corrected chi connectivity index (χ1v) is 46.0. The number of rotatable bonds is 29. The second-order valence-electron chi connectivity index (χ2n) is 29.9. The summed E-state index contributed by atoms with van der Waals surface area (Å²) in [6.07, 6.45) is -0.652. The number of carboxylic acids is 3. The number of halogens is 3. The Balaban J connectivity index is 0.000000178. The van der Waals surface area contributed by atoms with E-state index >= 15 is 0 Å². The molecule has 18 rings (SSSR count). The van der Waals surface area contributed by atoms with Gasteiger partial charge in [-0.2, -0.15) is 5.06 Å². The van der Waals surface area contributed by atoms with Crippen molar-refractivity contribution in [1.29, 1.82) is 0 Å². The SMILES string of the molecule is C.COc1ccc(-c2nc(C(=O)Cl)c(-c3ccc(OC)cc3)c3nonc23)cc1.COc1ccc(-c2nc(C(=O)O)c(-c3ccc(OC)cc3)c3nonc23)cc1.COc1ccc(-c2nc(C(=O)OCCC(=O)O)c(-c3ccc(OC)cc3)c3nonc23)cc1.COc1ccc(-c2nc(C(=O)OCCC(=O)ON3C(=O)CCC3=O)c(-c3ccc(OC)cc3)c3nonc23)cc1.O=C(O)CCO.O=C1CCC(=O)N1O.O=S(Cl)Cl. The highest BCUT2D eigenvalue weighted by Gasteiger charge is 2.35. The summed E-state index contributed by atoms with van der Waals surface area (Å²) in [5.74, 6) is -2.80. The lowest BCUT2D eigenvalue weighted by molar-refractivity contribution is -0.197. The minimum Gasteiger partial charge on any atom is -0.497 e. The minimum absolute atomic E-state index is 0. The number of imide groups is 2.